The normalized spacial score (nSPS) is 22.6. The summed E-state index contributed by atoms with van der Waals surface area (Å²) < 4.78 is 106. The summed E-state index contributed by atoms with van der Waals surface area (Å²) in [6, 6.07) is 4.31. The Bertz CT molecular complexity index is 1050. The van der Waals surface area contributed by atoms with Crippen molar-refractivity contribution in [1.29, 1.82) is 0 Å². The summed E-state index contributed by atoms with van der Waals surface area (Å²) in [6.07, 6.45) is 3.31. The zero-order valence-electron chi connectivity index (χ0n) is 18.9. The van der Waals surface area contributed by atoms with E-state index in [1.54, 1.807) is 0 Å². The number of fused-ring (bicyclic) bond motifs is 3. The fourth-order valence-corrected chi connectivity index (χ4v) is 4.78. The third kappa shape index (κ3) is 4.01. The lowest BCUT2D eigenvalue weighted by Gasteiger charge is -2.35. The monoisotopic (exact) mass is 488 g/mol. The topological polar surface area (TPSA) is 27.7 Å². The number of ether oxygens (including phenoxy) is 3. The molecule has 1 saturated carbocycles. The number of halogens is 6. The largest absolute Gasteiger partial charge is 0.491 e. The lowest BCUT2D eigenvalue weighted by molar-refractivity contribution is -0.228. The molecule has 2 aliphatic rings. The van der Waals surface area contributed by atoms with Gasteiger partial charge < -0.3 is 14.2 Å². The van der Waals surface area contributed by atoms with Crippen LogP contribution in [0, 0.1) is 17.6 Å². The van der Waals surface area contributed by atoms with E-state index in [0.29, 0.717) is 6.61 Å². The van der Waals surface area contributed by atoms with E-state index in [2.05, 4.69) is 0 Å². The second-order valence-electron chi connectivity index (χ2n) is 8.59. The molecule has 2 aromatic carbocycles. The van der Waals surface area contributed by atoms with Gasteiger partial charge in [0.15, 0.2) is 23.1 Å². The minimum absolute atomic E-state index is 0.0448. The molecule has 1 fully saturated rings. The SMILES string of the molecule is CCOc1ccc2c(c1F)C(F)(F)C(F)(F)c1c-2ccc(OCC2CCC(OCC)CC2)c1F. The molecule has 4 rings (SSSR count). The molecular formula is C25H26F6O3. The number of hydrogen-bond donors (Lipinski definition) is 0. The Balaban J connectivity index is 1.66. The van der Waals surface area contributed by atoms with E-state index in [1.165, 1.54) is 6.92 Å². The molecule has 186 valence electrons. The molecule has 0 spiro atoms. The van der Waals surface area contributed by atoms with Crippen LogP contribution < -0.4 is 9.47 Å². The van der Waals surface area contributed by atoms with Crippen molar-refractivity contribution in [2.24, 2.45) is 5.92 Å². The van der Waals surface area contributed by atoms with E-state index in [1.807, 2.05) is 6.92 Å². The van der Waals surface area contributed by atoms with Gasteiger partial charge in [-0.05, 0) is 80.8 Å². The van der Waals surface area contributed by atoms with Gasteiger partial charge in [-0.2, -0.15) is 17.6 Å². The molecule has 0 heterocycles. The molecule has 0 aromatic heterocycles. The van der Waals surface area contributed by atoms with Gasteiger partial charge in [-0.1, -0.05) is 0 Å². The van der Waals surface area contributed by atoms with Crippen molar-refractivity contribution >= 4 is 0 Å². The van der Waals surface area contributed by atoms with Gasteiger partial charge in [0.1, 0.15) is 0 Å². The summed E-state index contributed by atoms with van der Waals surface area (Å²) in [5, 5.41) is 0. The Hall–Kier alpha value is -2.42. The molecule has 34 heavy (non-hydrogen) atoms. The van der Waals surface area contributed by atoms with Crippen LogP contribution in [0.3, 0.4) is 0 Å². The first-order valence-electron chi connectivity index (χ1n) is 11.4. The molecule has 0 aliphatic heterocycles. The Morgan fingerprint density at radius 1 is 0.735 bits per heavy atom. The lowest BCUT2D eigenvalue weighted by atomic mass is 9.79. The van der Waals surface area contributed by atoms with Gasteiger partial charge in [-0.15, -0.1) is 0 Å². The lowest BCUT2D eigenvalue weighted by Crippen LogP contribution is -2.41. The van der Waals surface area contributed by atoms with Crippen molar-refractivity contribution in [3.05, 3.63) is 47.0 Å². The van der Waals surface area contributed by atoms with Gasteiger partial charge in [0.2, 0.25) is 0 Å². The second-order valence-corrected chi connectivity index (χ2v) is 8.59. The van der Waals surface area contributed by atoms with Crippen molar-refractivity contribution < 1.29 is 40.6 Å². The summed E-state index contributed by atoms with van der Waals surface area (Å²) in [5.41, 5.74) is -4.01. The molecule has 3 nitrogen and oxygen atoms in total. The molecule has 0 amide bonds. The Kier molecular flexibility index (Phi) is 6.77. The minimum Gasteiger partial charge on any atom is -0.491 e. The highest BCUT2D eigenvalue weighted by Gasteiger charge is 2.65. The third-order valence-corrected chi connectivity index (χ3v) is 6.50. The van der Waals surface area contributed by atoms with E-state index in [0.717, 1.165) is 49.9 Å². The Morgan fingerprint density at radius 3 is 1.71 bits per heavy atom. The molecule has 0 atom stereocenters. The number of rotatable bonds is 7. The van der Waals surface area contributed by atoms with E-state index >= 15 is 13.2 Å². The maximum Gasteiger partial charge on any atom is 0.343 e. The molecule has 0 saturated heterocycles. The average Bonchev–Trinajstić information content (AvgIpc) is 2.79. The molecule has 0 radical (unpaired) electrons. The van der Waals surface area contributed by atoms with E-state index in [4.69, 9.17) is 14.2 Å². The van der Waals surface area contributed by atoms with Crippen LogP contribution in [0.1, 0.15) is 50.7 Å². The first kappa shape index (κ1) is 24.7. The van der Waals surface area contributed by atoms with Crippen LogP contribution in [0.5, 0.6) is 11.5 Å². The van der Waals surface area contributed by atoms with Gasteiger partial charge in [0, 0.05) is 6.61 Å². The molecule has 0 bridgehead atoms. The van der Waals surface area contributed by atoms with Crippen molar-refractivity contribution in [2.45, 2.75) is 57.5 Å². The highest BCUT2D eigenvalue weighted by atomic mass is 19.3. The molecule has 9 heteroatoms. The van der Waals surface area contributed by atoms with Crippen molar-refractivity contribution in [3.8, 4) is 22.6 Å². The first-order valence-corrected chi connectivity index (χ1v) is 11.4. The van der Waals surface area contributed by atoms with Crippen LogP contribution in [0.4, 0.5) is 26.3 Å². The number of alkyl halides is 4. The fourth-order valence-electron chi connectivity index (χ4n) is 4.78. The Labute approximate surface area is 194 Å². The first-order chi connectivity index (χ1) is 16.1. The van der Waals surface area contributed by atoms with Crippen LogP contribution in [0.15, 0.2) is 24.3 Å². The summed E-state index contributed by atoms with van der Waals surface area (Å²) in [7, 11) is 0. The highest BCUT2D eigenvalue weighted by molar-refractivity contribution is 5.78. The molecule has 2 aromatic rings. The van der Waals surface area contributed by atoms with Gasteiger partial charge in [0.25, 0.3) is 0 Å². The van der Waals surface area contributed by atoms with Gasteiger partial charge >= 0.3 is 11.8 Å². The van der Waals surface area contributed by atoms with Gasteiger partial charge in [0.05, 0.1) is 30.4 Å². The number of benzene rings is 2. The van der Waals surface area contributed by atoms with Crippen LogP contribution in [0.25, 0.3) is 11.1 Å². The zero-order valence-corrected chi connectivity index (χ0v) is 18.9. The van der Waals surface area contributed by atoms with E-state index < -0.39 is 57.2 Å². The highest BCUT2D eigenvalue weighted by Crippen LogP contribution is 2.60. The van der Waals surface area contributed by atoms with Crippen molar-refractivity contribution in [1.82, 2.24) is 0 Å². The standard InChI is InChI=1S/C25H26F6O3/c1-3-32-15-7-5-14(6-8-15)13-34-19-12-10-17-16-9-11-18(33-4-2)22(26)20(16)24(28,29)25(30,31)21(17)23(19)27/h9-12,14-15H,3-8,13H2,1-2H3. The minimum atomic E-state index is -5.00. The zero-order chi connectivity index (χ0) is 24.7. The van der Waals surface area contributed by atoms with E-state index in [9.17, 15) is 13.2 Å². The van der Waals surface area contributed by atoms with Crippen molar-refractivity contribution in [2.75, 3.05) is 19.8 Å². The van der Waals surface area contributed by atoms with E-state index in [-0.39, 0.29) is 25.2 Å². The summed E-state index contributed by atoms with van der Waals surface area (Å²) >= 11 is 0. The maximum absolute atomic E-state index is 15.2. The van der Waals surface area contributed by atoms with Crippen LogP contribution in [0.2, 0.25) is 0 Å². The maximum atomic E-state index is 15.2. The van der Waals surface area contributed by atoms with Gasteiger partial charge in [-0.3, -0.25) is 0 Å². The average molecular weight is 488 g/mol. The summed E-state index contributed by atoms with van der Waals surface area (Å²) in [5.74, 6) is -14.2. The molecular weight excluding hydrogens is 462 g/mol. The quantitative estimate of drug-likeness (QED) is 0.386. The summed E-state index contributed by atoms with van der Waals surface area (Å²) in [6.45, 7) is 4.06. The molecule has 0 N–H and O–H groups in total. The van der Waals surface area contributed by atoms with Gasteiger partial charge in [-0.25, -0.2) is 8.78 Å². The van der Waals surface area contributed by atoms with Crippen LogP contribution in [-0.4, -0.2) is 25.9 Å². The predicted molar refractivity (Wildman–Crippen MR) is 114 cm³/mol. The smallest absolute Gasteiger partial charge is 0.343 e. The van der Waals surface area contributed by atoms with Crippen molar-refractivity contribution in [3.63, 3.8) is 0 Å². The molecule has 0 unspecified atom stereocenters. The predicted octanol–water partition coefficient (Wildman–Crippen LogP) is 7.20. The second kappa shape index (κ2) is 9.32. The molecule has 2 aliphatic carbocycles. The number of hydrogen-bond acceptors (Lipinski definition) is 3. The Morgan fingerprint density at radius 2 is 1.24 bits per heavy atom. The third-order valence-electron chi connectivity index (χ3n) is 6.50. The van der Waals surface area contributed by atoms with Crippen LogP contribution in [-0.2, 0) is 16.6 Å². The fraction of sp³-hybridized carbons (Fsp3) is 0.520. The summed E-state index contributed by atoms with van der Waals surface area (Å²) in [4.78, 5) is 0. The van der Waals surface area contributed by atoms with Crippen LogP contribution >= 0.6 is 0 Å².